The van der Waals surface area contributed by atoms with Crippen molar-refractivity contribution in [2.45, 2.75) is 33.3 Å². The van der Waals surface area contributed by atoms with Gasteiger partial charge >= 0.3 is 0 Å². The number of hydrogen-bond donors (Lipinski definition) is 0. The van der Waals surface area contributed by atoms with Gasteiger partial charge in [-0.2, -0.15) is 15.0 Å². The molecule has 0 amide bonds. The van der Waals surface area contributed by atoms with Crippen LogP contribution in [0.1, 0.15) is 47.6 Å². The van der Waals surface area contributed by atoms with E-state index in [0.29, 0.717) is 38.6 Å². The summed E-state index contributed by atoms with van der Waals surface area (Å²) in [5.74, 6) is 1.87. The summed E-state index contributed by atoms with van der Waals surface area (Å²) in [6.45, 7) is 6.31. The minimum atomic E-state index is -0.305. The summed E-state index contributed by atoms with van der Waals surface area (Å²) >= 11 is 6.34. The van der Waals surface area contributed by atoms with Crippen LogP contribution in [-0.4, -0.2) is 23.0 Å². The zero-order valence-electron chi connectivity index (χ0n) is 23.8. The van der Waals surface area contributed by atoms with E-state index in [1.807, 2.05) is 49.4 Å². The second kappa shape index (κ2) is 12.3. The van der Waals surface area contributed by atoms with Crippen LogP contribution in [0.2, 0.25) is 5.02 Å². The molecule has 5 rings (SSSR count). The molecular weight excluding hydrogens is 548 g/mol. The predicted molar refractivity (Wildman–Crippen MR) is 167 cm³/mol. The smallest absolute Gasteiger partial charge is 0.282 e. The van der Waals surface area contributed by atoms with E-state index in [1.165, 1.54) is 4.68 Å². The van der Waals surface area contributed by atoms with Crippen molar-refractivity contribution in [1.82, 2.24) is 9.66 Å². The van der Waals surface area contributed by atoms with Crippen LogP contribution in [0.25, 0.3) is 22.3 Å². The SMILES string of the molecule is COc1cc(C)c(-c2nc3ccccc3c(=O)n2N=Cc2cc(Cl)ccc2OCc2ccccc2C#N)cc1C(C)C. The van der Waals surface area contributed by atoms with E-state index in [1.54, 1.807) is 49.7 Å². The number of benzene rings is 4. The van der Waals surface area contributed by atoms with Gasteiger partial charge in [-0.1, -0.05) is 55.8 Å². The number of ether oxygens (including phenoxy) is 2. The topological polar surface area (TPSA) is 89.5 Å². The Balaban J connectivity index is 1.64. The van der Waals surface area contributed by atoms with Crippen molar-refractivity contribution in [3.63, 3.8) is 0 Å². The van der Waals surface area contributed by atoms with Crippen LogP contribution < -0.4 is 15.0 Å². The normalized spacial score (nSPS) is 11.3. The number of para-hydroxylation sites is 1. The predicted octanol–water partition coefficient (Wildman–Crippen LogP) is 7.49. The van der Waals surface area contributed by atoms with E-state index in [9.17, 15) is 10.1 Å². The second-order valence-corrected chi connectivity index (χ2v) is 10.6. The molecule has 0 bridgehead atoms. The van der Waals surface area contributed by atoms with Crippen molar-refractivity contribution < 1.29 is 9.47 Å². The van der Waals surface area contributed by atoms with Crippen LogP contribution in [-0.2, 0) is 6.61 Å². The Labute approximate surface area is 249 Å². The molecule has 1 heterocycles. The van der Waals surface area contributed by atoms with Crippen LogP contribution in [0, 0.1) is 18.3 Å². The number of nitriles is 1. The van der Waals surface area contributed by atoms with E-state index in [2.05, 4.69) is 25.0 Å². The molecule has 0 aliphatic rings. The van der Waals surface area contributed by atoms with Crippen molar-refractivity contribution >= 4 is 28.7 Å². The molecule has 8 heteroatoms. The van der Waals surface area contributed by atoms with Gasteiger partial charge in [-0.15, -0.1) is 0 Å². The van der Waals surface area contributed by atoms with Gasteiger partial charge in [-0.05, 0) is 72.5 Å². The molecule has 4 aromatic carbocycles. The van der Waals surface area contributed by atoms with E-state index < -0.39 is 0 Å². The summed E-state index contributed by atoms with van der Waals surface area (Å²) in [5, 5.41) is 15.0. The molecule has 0 saturated heterocycles. The molecule has 42 heavy (non-hydrogen) atoms. The minimum absolute atomic E-state index is 0.179. The van der Waals surface area contributed by atoms with Crippen LogP contribution in [0.15, 0.2) is 88.8 Å². The lowest BCUT2D eigenvalue weighted by molar-refractivity contribution is 0.305. The largest absolute Gasteiger partial charge is 0.496 e. The van der Waals surface area contributed by atoms with Crippen molar-refractivity contribution in [3.8, 4) is 29.0 Å². The lowest BCUT2D eigenvalue weighted by Crippen LogP contribution is -2.21. The molecule has 0 unspecified atom stereocenters. The van der Waals surface area contributed by atoms with Gasteiger partial charge < -0.3 is 9.47 Å². The molecule has 0 saturated carbocycles. The Bertz CT molecular complexity index is 1920. The summed E-state index contributed by atoms with van der Waals surface area (Å²) < 4.78 is 13.0. The molecule has 5 aromatic rings. The highest BCUT2D eigenvalue weighted by Crippen LogP contribution is 2.34. The molecule has 0 fully saturated rings. The molecule has 0 N–H and O–H groups in total. The molecule has 0 aliphatic heterocycles. The fourth-order valence-electron chi connectivity index (χ4n) is 4.75. The maximum atomic E-state index is 13.8. The van der Waals surface area contributed by atoms with Gasteiger partial charge in [0.2, 0.25) is 0 Å². The number of halogens is 1. The maximum Gasteiger partial charge on any atom is 0.282 e. The first-order chi connectivity index (χ1) is 20.3. The molecule has 1 aromatic heterocycles. The van der Waals surface area contributed by atoms with Gasteiger partial charge in [0.1, 0.15) is 18.1 Å². The van der Waals surface area contributed by atoms with Crippen molar-refractivity contribution in [2.24, 2.45) is 5.10 Å². The van der Waals surface area contributed by atoms with Gasteiger partial charge in [0.05, 0.1) is 35.9 Å². The lowest BCUT2D eigenvalue weighted by Gasteiger charge is -2.17. The van der Waals surface area contributed by atoms with Crippen LogP contribution >= 0.6 is 11.6 Å². The minimum Gasteiger partial charge on any atom is -0.496 e. The average Bonchev–Trinajstić information content (AvgIpc) is 3.00. The van der Waals surface area contributed by atoms with Gasteiger partial charge in [0, 0.05) is 21.7 Å². The van der Waals surface area contributed by atoms with E-state index in [4.69, 9.17) is 26.1 Å². The van der Waals surface area contributed by atoms with Crippen molar-refractivity contribution in [1.29, 1.82) is 5.26 Å². The van der Waals surface area contributed by atoms with Gasteiger partial charge in [-0.3, -0.25) is 4.79 Å². The van der Waals surface area contributed by atoms with Crippen molar-refractivity contribution in [2.75, 3.05) is 7.11 Å². The maximum absolute atomic E-state index is 13.8. The highest BCUT2D eigenvalue weighted by atomic mass is 35.5. The third-order valence-corrected chi connectivity index (χ3v) is 7.23. The third kappa shape index (κ3) is 5.76. The monoisotopic (exact) mass is 576 g/mol. The first kappa shape index (κ1) is 28.6. The molecule has 0 spiro atoms. The molecule has 0 aliphatic carbocycles. The summed E-state index contributed by atoms with van der Waals surface area (Å²) in [7, 11) is 1.65. The zero-order chi connectivity index (χ0) is 29.8. The number of methoxy groups -OCH3 is 1. The second-order valence-electron chi connectivity index (χ2n) is 10.1. The number of aryl methyl sites for hydroxylation is 1. The summed E-state index contributed by atoms with van der Waals surface area (Å²) in [6.07, 6.45) is 1.54. The van der Waals surface area contributed by atoms with Gasteiger partial charge in [-0.25, -0.2) is 4.98 Å². The Morgan fingerprint density at radius 1 is 1.05 bits per heavy atom. The molecule has 210 valence electrons. The lowest BCUT2D eigenvalue weighted by atomic mass is 9.96. The van der Waals surface area contributed by atoms with E-state index >= 15 is 0 Å². The highest BCUT2D eigenvalue weighted by Gasteiger charge is 2.18. The summed E-state index contributed by atoms with van der Waals surface area (Å²) in [5.41, 5.74) is 4.80. The summed E-state index contributed by atoms with van der Waals surface area (Å²) in [6, 6.07) is 25.8. The molecule has 0 radical (unpaired) electrons. The fraction of sp³-hybridized carbons (Fsp3) is 0.176. The Morgan fingerprint density at radius 2 is 1.81 bits per heavy atom. The van der Waals surface area contributed by atoms with Gasteiger partial charge in [0.25, 0.3) is 5.56 Å². The number of aromatic nitrogens is 2. The molecule has 0 atom stereocenters. The van der Waals surface area contributed by atoms with E-state index in [-0.39, 0.29) is 18.1 Å². The van der Waals surface area contributed by atoms with Gasteiger partial charge in [0.15, 0.2) is 5.82 Å². The number of rotatable bonds is 8. The van der Waals surface area contributed by atoms with Crippen LogP contribution in [0.5, 0.6) is 11.5 Å². The third-order valence-electron chi connectivity index (χ3n) is 7.00. The Morgan fingerprint density at radius 3 is 2.57 bits per heavy atom. The first-order valence-electron chi connectivity index (χ1n) is 13.5. The fourth-order valence-corrected chi connectivity index (χ4v) is 4.94. The Kier molecular flexibility index (Phi) is 8.37. The quantitative estimate of drug-likeness (QED) is 0.178. The summed E-state index contributed by atoms with van der Waals surface area (Å²) in [4.78, 5) is 18.7. The standard InChI is InChI=1S/C34H29ClN4O3/c1-21(2)28-17-29(22(3)15-32(28)41-4)33-38-30-12-8-7-11-27(30)34(40)39(33)37-19-25-16-26(35)13-14-31(25)42-20-24-10-6-5-9-23(24)18-36/h5-17,19,21H,20H2,1-4H3. The van der Waals surface area contributed by atoms with Crippen LogP contribution in [0.3, 0.4) is 0 Å². The number of hydrogen-bond acceptors (Lipinski definition) is 6. The molecular formula is C34H29ClN4O3. The van der Waals surface area contributed by atoms with Crippen LogP contribution in [0.4, 0.5) is 0 Å². The highest BCUT2D eigenvalue weighted by molar-refractivity contribution is 6.30. The number of nitrogens with zero attached hydrogens (tertiary/aromatic N) is 4. The zero-order valence-corrected chi connectivity index (χ0v) is 24.5. The average molecular weight is 577 g/mol. The van der Waals surface area contributed by atoms with E-state index in [0.717, 1.165) is 28.0 Å². The molecule has 7 nitrogen and oxygen atoms in total. The van der Waals surface area contributed by atoms with Crippen molar-refractivity contribution in [3.05, 3.63) is 122 Å². The first-order valence-corrected chi connectivity index (χ1v) is 13.8. The number of fused-ring (bicyclic) bond motifs is 1. The Hall–Kier alpha value is -4.93.